The highest BCUT2D eigenvalue weighted by Crippen LogP contribution is 2.78. The molecule has 4 aliphatic rings. The van der Waals surface area contributed by atoms with Gasteiger partial charge in [-0.2, -0.15) is 0 Å². The molecule has 4 aromatic rings. The standard InChI is InChI=1S/C31H27F4N3O4S/c32-22-9-16(29(39)40)10-24-27(22)36-25(43-24)12-30-17-11-20(30)21(30)14-38(13-17)8-7-19-26(37-42-28(19)15-5-6-15)18-3-1-2-4-23(18)41-31(33,34)35/h1-4,9-10,15,17,20-21H,5-8,11-14H2,(H,39,40)/t17?,20-,21?,30?/m1/s1. The number of hydrogen-bond donors (Lipinski definition) is 1. The quantitative estimate of drug-likeness (QED) is 0.205. The predicted molar refractivity (Wildman–Crippen MR) is 149 cm³/mol. The first kappa shape index (κ1) is 27.1. The first-order valence-electron chi connectivity index (χ1n) is 14.5. The van der Waals surface area contributed by atoms with Gasteiger partial charge in [0.1, 0.15) is 22.7 Å². The fraction of sp³-hybridized carbons (Fsp3) is 0.452. The molecule has 3 unspecified atom stereocenters. The van der Waals surface area contributed by atoms with Crippen LogP contribution in [0.2, 0.25) is 0 Å². The van der Waals surface area contributed by atoms with E-state index in [2.05, 4.69) is 19.8 Å². The number of alkyl halides is 3. The Morgan fingerprint density at radius 2 is 2.00 bits per heavy atom. The Morgan fingerprint density at radius 3 is 2.74 bits per heavy atom. The summed E-state index contributed by atoms with van der Waals surface area (Å²) in [6.45, 7) is 2.59. The number of fused-ring (bicyclic) bond motifs is 2. The maximum absolute atomic E-state index is 14.6. The summed E-state index contributed by atoms with van der Waals surface area (Å²) in [7, 11) is 0. The number of piperidine rings is 1. The van der Waals surface area contributed by atoms with E-state index in [1.807, 2.05) is 0 Å². The van der Waals surface area contributed by atoms with Crippen LogP contribution in [0.5, 0.6) is 5.75 Å². The van der Waals surface area contributed by atoms with E-state index < -0.39 is 18.1 Å². The Balaban J connectivity index is 0.985. The number of carbonyl (C=O) groups is 1. The highest BCUT2D eigenvalue weighted by Gasteiger charge is 2.76. The van der Waals surface area contributed by atoms with E-state index in [4.69, 9.17) is 4.52 Å². The maximum Gasteiger partial charge on any atom is 0.573 e. The normalized spacial score (nSPS) is 26.3. The third-order valence-corrected chi connectivity index (χ3v) is 11.0. The van der Waals surface area contributed by atoms with E-state index >= 15 is 0 Å². The van der Waals surface area contributed by atoms with Crippen LogP contribution in [0.1, 0.15) is 51.9 Å². The summed E-state index contributed by atoms with van der Waals surface area (Å²) in [6.07, 6.45) is -0.310. The van der Waals surface area contributed by atoms with Gasteiger partial charge >= 0.3 is 12.3 Å². The van der Waals surface area contributed by atoms with Gasteiger partial charge in [-0.05, 0) is 73.1 Å². The van der Waals surface area contributed by atoms with Crippen LogP contribution in [-0.2, 0) is 12.8 Å². The summed E-state index contributed by atoms with van der Waals surface area (Å²) < 4.78 is 64.5. The molecule has 224 valence electrons. The van der Waals surface area contributed by atoms with Crippen LogP contribution in [0.25, 0.3) is 21.5 Å². The molecule has 1 saturated heterocycles. The fourth-order valence-corrected chi connectivity index (χ4v) is 9.00. The Morgan fingerprint density at radius 1 is 1.19 bits per heavy atom. The van der Waals surface area contributed by atoms with E-state index in [1.165, 1.54) is 29.5 Å². The van der Waals surface area contributed by atoms with Gasteiger partial charge in [0.05, 0.1) is 15.3 Å². The van der Waals surface area contributed by atoms with Crippen molar-refractivity contribution in [3.8, 4) is 17.0 Å². The molecule has 3 saturated carbocycles. The molecule has 0 spiro atoms. The second-order valence-electron chi connectivity index (χ2n) is 12.4. The van der Waals surface area contributed by atoms with Crippen molar-refractivity contribution in [2.75, 3.05) is 19.6 Å². The third-order valence-electron chi connectivity index (χ3n) is 10.00. The van der Waals surface area contributed by atoms with Crippen LogP contribution >= 0.6 is 11.3 Å². The molecule has 4 fully saturated rings. The Kier molecular flexibility index (Phi) is 5.98. The first-order valence-corrected chi connectivity index (χ1v) is 15.3. The van der Waals surface area contributed by atoms with Crippen molar-refractivity contribution >= 4 is 27.5 Å². The molecule has 0 bridgehead atoms. The Labute approximate surface area is 247 Å². The van der Waals surface area contributed by atoms with E-state index in [0.29, 0.717) is 34.6 Å². The lowest BCUT2D eigenvalue weighted by Crippen LogP contribution is -2.45. The molecule has 3 aliphatic carbocycles. The molecule has 1 aliphatic heterocycles. The number of halogens is 4. The second kappa shape index (κ2) is 9.49. The van der Waals surface area contributed by atoms with Gasteiger partial charge in [-0.1, -0.05) is 17.3 Å². The van der Waals surface area contributed by atoms with Crippen molar-refractivity contribution in [1.29, 1.82) is 0 Å². The van der Waals surface area contributed by atoms with Crippen LogP contribution in [0.3, 0.4) is 0 Å². The number of para-hydroxylation sites is 1. The first-order chi connectivity index (χ1) is 20.6. The minimum atomic E-state index is -4.81. The number of rotatable bonds is 9. The van der Waals surface area contributed by atoms with Gasteiger partial charge in [-0.3, -0.25) is 0 Å². The number of aromatic nitrogens is 2. The molecule has 2 aromatic carbocycles. The smallest absolute Gasteiger partial charge is 0.478 e. The minimum Gasteiger partial charge on any atom is -0.478 e. The van der Waals surface area contributed by atoms with E-state index in [9.17, 15) is 27.5 Å². The van der Waals surface area contributed by atoms with E-state index in [0.717, 1.165) is 67.7 Å². The lowest BCUT2D eigenvalue weighted by Gasteiger charge is -2.42. The number of hydrogen-bond acceptors (Lipinski definition) is 7. The number of carboxylic acid groups (broad SMARTS) is 1. The average Bonchev–Trinajstić information content (AvgIpc) is 3.77. The lowest BCUT2D eigenvalue weighted by atomic mass is 9.69. The monoisotopic (exact) mass is 613 g/mol. The summed E-state index contributed by atoms with van der Waals surface area (Å²) in [5.74, 6) is 0.586. The van der Waals surface area contributed by atoms with Crippen molar-refractivity contribution in [3.05, 3.63) is 64.1 Å². The van der Waals surface area contributed by atoms with Gasteiger partial charge in [-0.25, -0.2) is 14.2 Å². The highest BCUT2D eigenvalue weighted by molar-refractivity contribution is 7.18. The predicted octanol–water partition coefficient (Wildman–Crippen LogP) is 6.92. The molecule has 0 amide bonds. The van der Waals surface area contributed by atoms with Gasteiger partial charge < -0.3 is 19.3 Å². The summed E-state index contributed by atoms with van der Waals surface area (Å²) >= 11 is 1.38. The van der Waals surface area contributed by atoms with Crippen LogP contribution in [0.15, 0.2) is 40.9 Å². The van der Waals surface area contributed by atoms with Gasteiger partial charge in [0.15, 0.2) is 5.82 Å². The molecule has 4 atom stereocenters. The van der Waals surface area contributed by atoms with Gasteiger partial charge in [0.2, 0.25) is 0 Å². The molecule has 2 aromatic heterocycles. The van der Waals surface area contributed by atoms with Crippen LogP contribution in [0, 0.1) is 29.0 Å². The molecule has 12 heteroatoms. The topological polar surface area (TPSA) is 88.7 Å². The fourth-order valence-electron chi connectivity index (χ4n) is 7.86. The number of aromatic carboxylic acids is 1. The molecular formula is C31H27F4N3O4S. The molecule has 1 N–H and O–H groups in total. The average molecular weight is 614 g/mol. The van der Waals surface area contributed by atoms with Crippen molar-refractivity contribution in [2.24, 2.45) is 23.2 Å². The zero-order valence-corrected chi connectivity index (χ0v) is 23.7. The maximum atomic E-state index is 14.6. The largest absolute Gasteiger partial charge is 0.573 e. The lowest BCUT2D eigenvalue weighted by molar-refractivity contribution is -0.274. The van der Waals surface area contributed by atoms with Crippen LogP contribution in [0.4, 0.5) is 17.6 Å². The molecule has 0 radical (unpaired) electrons. The number of likely N-dealkylation sites (tertiary alicyclic amines) is 1. The Hall–Kier alpha value is -3.51. The van der Waals surface area contributed by atoms with Crippen molar-refractivity contribution in [1.82, 2.24) is 15.0 Å². The third kappa shape index (κ3) is 4.52. The Bertz CT molecular complexity index is 1760. The van der Waals surface area contributed by atoms with E-state index in [1.54, 1.807) is 12.1 Å². The molecule has 8 rings (SSSR count). The van der Waals surface area contributed by atoms with Gasteiger partial charge in [0.25, 0.3) is 0 Å². The molecule has 43 heavy (non-hydrogen) atoms. The molecule has 7 nitrogen and oxygen atoms in total. The summed E-state index contributed by atoms with van der Waals surface area (Å²) in [4.78, 5) is 18.4. The summed E-state index contributed by atoms with van der Waals surface area (Å²) in [6, 6.07) is 8.59. The van der Waals surface area contributed by atoms with E-state index in [-0.39, 0.29) is 33.7 Å². The van der Waals surface area contributed by atoms with Crippen LogP contribution < -0.4 is 4.74 Å². The number of ether oxygens (including phenoxy) is 1. The molecular weight excluding hydrogens is 586 g/mol. The highest BCUT2D eigenvalue weighted by atomic mass is 32.1. The summed E-state index contributed by atoms with van der Waals surface area (Å²) in [5.41, 5.74) is 1.89. The zero-order chi connectivity index (χ0) is 29.7. The van der Waals surface area contributed by atoms with Crippen molar-refractivity contribution in [2.45, 2.75) is 44.4 Å². The van der Waals surface area contributed by atoms with Gasteiger partial charge in [0, 0.05) is 43.1 Å². The number of carboxylic acids is 1. The van der Waals surface area contributed by atoms with Crippen LogP contribution in [-0.4, -0.2) is 52.1 Å². The van der Waals surface area contributed by atoms with Crippen molar-refractivity contribution < 1.29 is 36.7 Å². The zero-order valence-electron chi connectivity index (χ0n) is 22.9. The number of benzene rings is 2. The SMILES string of the molecule is O=C(O)c1cc(F)c2nc(CC34C5C[C@@H]3C4CN(CCc3c(-c4ccccc4OC(F)(F)F)noc3C3CC3)C5)sc2c1. The number of nitrogens with zero attached hydrogens (tertiary/aromatic N) is 3. The van der Waals surface area contributed by atoms with Gasteiger partial charge in [-0.15, -0.1) is 24.5 Å². The summed E-state index contributed by atoms with van der Waals surface area (Å²) in [5, 5.41) is 14.4. The molecule has 3 heterocycles. The minimum absolute atomic E-state index is 0.0731. The number of thiazole rings is 1. The second-order valence-corrected chi connectivity index (χ2v) is 13.5. The van der Waals surface area contributed by atoms with Crippen molar-refractivity contribution in [3.63, 3.8) is 0 Å².